The molecule has 1 heterocycles. The average Bonchev–Trinajstić information content (AvgIpc) is 2.26. The summed E-state index contributed by atoms with van der Waals surface area (Å²) in [4.78, 5) is 23.4. The minimum Gasteiger partial charge on any atom is -0.468 e. The molecule has 15 heavy (non-hydrogen) atoms. The summed E-state index contributed by atoms with van der Waals surface area (Å²) in [6.07, 6.45) is 0.850. The molecular weight excluding hydrogens is 198 g/mol. The lowest BCUT2D eigenvalue weighted by Crippen LogP contribution is -2.51. The molecule has 0 radical (unpaired) electrons. The van der Waals surface area contributed by atoms with E-state index in [1.807, 2.05) is 6.92 Å². The second-order valence-corrected chi connectivity index (χ2v) is 3.87. The molecule has 0 aromatic carbocycles. The minimum absolute atomic E-state index is 0.108. The second kappa shape index (κ2) is 4.61. The summed E-state index contributed by atoms with van der Waals surface area (Å²) in [7, 11) is 2.58. The standard InChI is InChI=1S/C10H17NO4/c1-7-6-10(4-5-11-7,8(12)14-2)9(13)15-3/h7,11H,4-6H2,1-3H3. The SMILES string of the molecule is COC(=O)C1(C(=O)OC)CCNC(C)C1. The van der Waals surface area contributed by atoms with Crippen molar-refractivity contribution in [3.8, 4) is 0 Å². The Morgan fingerprint density at radius 3 is 2.20 bits per heavy atom. The van der Waals surface area contributed by atoms with Crippen molar-refractivity contribution in [2.24, 2.45) is 5.41 Å². The van der Waals surface area contributed by atoms with Crippen molar-refractivity contribution in [2.75, 3.05) is 20.8 Å². The number of carbonyl (C=O) groups excluding carboxylic acids is 2. The molecule has 0 spiro atoms. The van der Waals surface area contributed by atoms with Gasteiger partial charge in [0.1, 0.15) is 0 Å². The summed E-state index contributed by atoms with van der Waals surface area (Å²) >= 11 is 0. The first-order valence-corrected chi connectivity index (χ1v) is 4.97. The molecule has 1 N–H and O–H groups in total. The van der Waals surface area contributed by atoms with Crippen LogP contribution in [-0.2, 0) is 19.1 Å². The van der Waals surface area contributed by atoms with Crippen LogP contribution in [-0.4, -0.2) is 38.7 Å². The van der Waals surface area contributed by atoms with Gasteiger partial charge in [-0.2, -0.15) is 0 Å². The van der Waals surface area contributed by atoms with E-state index in [0.717, 1.165) is 0 Å². The number of piperidine rings is 1. The maximum absolute atomic E-state index is 11.7. The molecule has 1 aliphatic heterocycles. The molecule has 0 aromatic heterocycles. The lowest BCUT2D eigenvalue weighted by molar-refractivity contribution is -0.172. The number of carbonyl (C=O) groups is 2. The zero-order valence-corrected chi connectivity index (χ0v) is 9.33. The Morgan fingerprint density at radius 2 is 1.80 bits per heavy atom. The quantitative estimate of drug-likeness (QED) is 0.522. The lowest BCUT2D eigenvalue weighted by atomic mass is 9.76. The molecule has 0 aliphatic carbocycles. The van der Waals surface area contributed by atoms with Crippen molar-refractivity contribution in [1.29, 1.82) is 0 Å². The molecule has 0 aromatic rings. The smallest absolute Gasteiger partial charge is 0.323 e. The van der Waals surface area contributed by atoms with Crippen LogP contribution in [0, 0.1) is 5.41 Å². The van der Waals surface area contributed by atoms with Crippen LogP contribution in [0.4, 0.5) is 0 Å². The Bertz CT molecular complexity index is 248. The number of hydrogen-bond acceptors (Lipinski definition) is 5. The van der Waals surface area contributed by atoms with E-state index in [4.69, 9.17) is 9.47 Å². The van der Waals surface area contributed by atoms with Crippen molar-refractivity contribution < 1.29 is 19.1 Å². The van der Waals surface area contributed by atoms with Gasteiger partial charge in [-0.1, -0.05) is 0 Å². The van der Waals surface area contributed by atoms with Gasteiger partial charge in [-0.05, 0) is 26.3 Å². The third kappa shape index (κ3) is 2.12. The van der Waals surface area contributed by atoms with Crippen LogP contribution in [0.3, 0.4) is 0 Å². The van der Waals surface area contributed by atoms with E-state index >= 15 is 0 Å². The van der Waals surface area contributed by atoms with Gasteiger partial charge >= 0.3 is 11.9 Å². The van der Waals surface area contributed by atoms with Crippen molar-refractivity contribution in [3.63, 3.8) is 0 Å². The maximum atomic E-state index is 11.7. The Kier molecular flexibility index (Phi) is 3.68. The lowest BCUT2D eigenvalue weighted by Gasteiger charge is -2.35. The number of nitrogens with one attached hydrogen (secondary N) is 1. The molecule has 5 heteroatoms. The Morgan fingerprint density at radius 1 is 1.27 bits per heavy atom. The zero-order valence-electron chi connectivity index (χ0n) is 9.33. The first kappa shape index (κ1) is 12.0. The van der Waals surface area contributed by atoms with Crippen LogP contribution in [0.25, 0.3) is 0 Å². The van der Waals surface area contributed by atoms with E-state index in [2.05, 4.69) is 5.32 Å². The molecule has 5 nitrogen and oxygen atoms in total. The first-order valence-electron chi connectivity index (χ1n) is 4.97. The van der Waals surface area contributed by atoms with Crippen molar-refractivity contribution in [1.82, 2.24) is 5.32 Å². The van der Waals surface area contributed by atoms with Gasteiger partial charge in [-0.3, -0.25) is 9.59 Å². The number of rotatable bonds is 2. The molecule has 0 amide bonds. The van der Waals surface area contributed by atoms with Crippen LogP contribution in [0.2, 0.25) is 0 Å². The first-order chi connectivity index (χ1) is 7.06. The fourth-order valence-electron chi connectivity index (χ4n) is 2.07. The third-order valence-corrected chi connectivity index (χ3v) is 2.85. The van der Waals surface area contributed by atoms with Gasteiger partial charge in [0.25, 0.3) is 0 Å². The summed E-state index contributed by atoms with van der Waals surface area (Å²) in [5.41, 5.74) is -1.12. The molecular formula is C10H17NO4. The molecule has 1 saturated heterocycles. The van der Waals surface area contributed by atoms with E-state index in [1.54, 1.807) is 0 Å². The van der Waals surface area contributed by atoms with Crippen molar-refractivity contribution in [2.45, 2.75) is 25.8 Å². The van der Waals surface area contributed by atoms with Crippen molar-refractivity contribution >= 4 is 11.9 Å². The Hall–Kier alpha value is -1.10. The highest BCUT2D eigenvalue weighted by molar-refractivity contribution is 6.00. The Balaban J connectivity index is 2.94. The molecule has 0 bridgehead atoms. The fraction of sp³-hybridized carbons (Fsp3) is 0.800. The summed E-state index contributed by atoms with van der Waals surface area (Å²) in [6, 6.07) is 0.108. The maximum Gasteiger partial charge on any atom is 0.323 e. The van der Waals surface area contributed by atoms with E-state index in [1.165, 1.54) is 14.2 Å². The Labute approximate surface area is 89.1 Å². The largest absolute Gasteiger partial charge is 0.468 e. The molecule has 1 unspecified atom stereocenters. The van der Waals surface area contributed by atoms with Crippen LogP contribution in [0.1, 0.15) is 19.8 Å². The molecule has 1 aliphatic rings. The summed E-state index contributed by atoms with van der Waals surface area (Å²) in [6.45, 7) is 2.55. The average molecular weight is 215 g/mol. The van der Waals surface area contributed by atoms with Gasteiger partial charge < -0.3 is 14.8 Å². The third-order valence-electron chi connectivity index (χ3n) is 2.85. The second-order valence-electron chi connectivity index (χ2n) is 3.87. The van der Waals surface area contributed by atoms with E-state index < -0.39 is 17.4 Å². The highest BCUT2D eigenvalue weighted by atomic mass is 16.5. The topological polar surface area (TPSA) is 64.6 Å². The molecule has 86 valence electrons. The predicted octanol–water partition coefficient (Wildman–Crippen LogP) is 0.0907. The van der Waals surface area contributed by atoms with Gasteiger partial charge in [0.05, 0.1) is 14.2 Å². The van der Waals surface area contributed by atoms with Crippen molar-refractivity contribution in [3.05, 3.63) is 0 Å². The van der Waals surface area contributed by atoms with Crippen LogP contribution in [0.5, 0.6) is 0 Å². The zero-order chi connectivity index (χ0) is 11.5. The summed E-state index contributed by atoms with van der Waals surface area (Å²) in [5.74, 6) is -0.995. The van der Waals surface area contributed by atoms with E-state index in [0.29, 0.717) is 19.4 Å². The predicted molar refractivity (Wildman–Crippen MR) is 53.2 cm³/mol. The molecule has 1 fully saturated rings. The molecule has 1 rings (SSSR count). The van der Waals surface area contributed by atoms with Gasteiger partial charge in [0.15, 0.2) is 5.41 Å². The highest BCUT2D eigenvalue weighted by Gasteiger charge is 2.50. The highest BCUT2D eigenvalue weighted by Crippen LogP contribution is 2.33. The van der Waals surface area contributed by atoms with E-state index in [-0.39, 0.29) is 6.04 Å². The van der Waals surface area contributed by atoms with Crippen LogP contribution >= 0.6 is 0 Å². The van der Waals surface area contributed by atoms with Crippen LogP contribution < -0.4 is 5.32 Å². The normalized spacial score (nSPS) is 24.3. The number of methoxy groups -OCH3 is 2. The monoisotopic (exact) mass is 215 g/mol. The minimum atomic E-state index is -1.12. The number of esters is 2. The summed E-state index contributed by atoms with van der Waals surface area (Å²) < 4.78 is 9.39. The van der Waals surface area contributed by atoms with Crippen LogP contribution in [0.15, 0.2) is 0 Å². The number of ether oxygens (including phenoxy) is 2. The summed E-state index contributed by atoms with van der Waals surface area (Å²) in [5, 5.41) is 3.18. The van der Waals surface area contributed by atoms with E-state index in [9.17, 15) is 9.59 Å². The molecule has 0 saturated carbocycles. The van der Waals surface area contributed by atoms with Gasteiger partial charge in [-0.15, -0.1) is 0 Å². The molecule has 1 atom stereocenters. The van der Waals surface area contributed by atoms with Gasteiger partial charge in [0.2, 0.25) is 0 Å². The fourth-order valence-corrected chi connectivity index (χ4v) is 2.07. The van der Waals surface area contributed by atoms with Gasteiger partial charge in [-0.25, -0.2) is 0 Å². The van der Waals surface area contributed by atoms with Gasteiger partial charge in [0, 0.05) is 6.04 Å². The number of hydrogen-bond donors (Lipinski definition) is 1.